The normalized spacial score (nSPS) is 14.9. The van der Waals surface area contributed by atoms with Crippen molar-refractivity contribution in [3.05, 3.63) is 35.6 Å². The van der Waals surface area contributed by atoms with Gasteiger partial charge in [0.2, 0.25) is 0 Å². The van der Waals surface area contributed by atoms with Crippen LogP contribution in [0.15, 0.2) is 24.3 Å². The minimum absolute atomic E-state index is 0.0309. The minimum atomic E-state index is -0.477. The van der Waals surface area contributed by atoms with E-state index in [2.05, 4.69) is 0 Å². The fourth-order valence-electron chi connectivity index (χ4n) is 1.31. The van der Waals surface area contributed by atoms with Crippen molar-refractivity contribution in [3.63, 3.8) is 0 Å². The first kappa shape index (κ1) is 10.9. The molecule has 2 N–H and O–H groups in total. The largest absolute Gasteiger partial charge is 0.322 e. The van der Waals surface area contributed by atoms with Crippen molar-refractivity contribution in [2.24, 2.45) is 5.73 Å². The molecule has 2 nitrogen and oxygen atoms in total. The molecule has 2 atom stereocenters. The van der Waals surface area contributed by atoms with Gasteiger partial charge in [0, 0.05) is 5.92 Å². The fourth-order valence-corrected chi connectivity index (χ4v) is 1.31. The van der Waals surface area contributed by atoms with Crippen molar-refractivity contribution in [1.82, 2.24) is 0 Å². The SMILES string of the molecule is CC(N)C(=O)C(C)c1ccc(F)cc1. The van der Waals surface area contributed by atoms with E-state index in [1.807, 2.05) is 0 Å². The summed E-state index contributed by atoms with van der Waals surface area (Å²) in [7, 11) is 0. The highest BCUT2D eigenvalue weighted by Gasteiger charge is 2.18. The van der Waals surface area contributed by atoms with Gasteiger partial charge in [-0.1, -0.05) is 19.1 Å². The van der Waals surface area contributed by atoms with E-state index in [0.29, 0.717) is 0 Å². The number of carbonyl (C=O) groups is 1. The Morgan fingerprint density at radius 3 is 2.21 bits per heavy atom. The molecule has 1 rings (SSSR count). The maximum Gasteiger partial charge on any atom is 0.156 e. The van der Waals surface area contributed by atoms with Crippen LogP contribution in [0.3, 0.4) is 0 Å². The van der Waals surface area contributed by atoms with Crippen LogP contribution in [0.2, 0.25) is 0 Å². The lowest BCUT2D eigenvalue weighted by Crippen LogP contribution is -2.30. The lowest BCUT2D eigenvalue weighted by atomic mass is 9.93. The molecule has 0 radical (unpaired) electrons. The molecule has 0 aliphatic heterocycles. The Kier molecular flexibility index (Phi) is 3.36. The molecule has 0 saturated carbocycles. The number of halogens is 1. The average molecular weight is 195 g/mol. The third-order valence-electron chi connectivity index (χ3n) is 2.25. The van der Waals surface area contributed by atoms with Gasteiger partial charge in [-0.2, -0.15) is 0 Å². The van der Waals surface area contributed by atoms with Gasteiger partial charge in [0.1, 0.15) is 5.82 Å². The fraction of sp³-hybridized carbons (Fsp3) is 0.364. The van der Waals surface area contributed by atoms with E-state index in [0.717, 1.165) is 5.56 Å². The molecule has 0 aliphatic rings. The van der Waals surface area contributed by atoms with Gasteiger partial charge in [-0.25, -0.2) is 4.39 Å². The molecule has 0 saturated heterocycles. The predicted octanol–water partition coefficient (Wildman–Crippen LogP) is 1.85. The van der Waals surface area contributed by atoms with Gasteiger partial charge in [0.25, 0.3) is 0 Å². The second kappa shape index (κ2) is 4.33. The first-order chi connectivity index (χ1) is 6.52. The molecule has 1 aromatic rings. The average Bonchev–Trinajstić information content (AvgIpc) is 2.16. The predicted molar refractivity (Wildman–Crippen MR) is 53.5 cm³/mol. The smallest absolute Gasteiger partial charge is 0.156 e. The standard InChI is InChI=1S/C11H14FNO/c1-7(11(14)8(2)13)9-3-5-10(12)6-4-9/h3-8H,13H2,1-2H3. The molecule has 0 fully saturated rings. The van der Waals surface area contributed by atoms with Gasteiger partial charge >= 0.3 is 0 Å². The molecular weight excluding hydrogens is 181 g/mol. The Hall–Kier alpha value is -1.22. The number of benzene rings is 1. The van der Waals surface area contributed by atoms with E-state index in [9.17, 15) is 9.18 Å². The summed E-state index contributed by atoms with van der Waals surface area (Å²) in [6, 6.07) is 5.44. The van der Waals surface area contributed by atoms with Crippen LogP contribution in [0.25, 0.3) is 0 Å². The Morgan fingerprint density at radius 2 is 1.79 bits per heavy atom. The molecule has 0 spiro atoms. The van der Waals surface area contributed by atoms with Gasteiger partial charge in [0.05, 0.1) is 6.04 Å². The Bertz CT molecular complexity index is 319. The van der Waals surface area contributed by atoms with Gasteiger partial charge in [-0.15, -0.1) is 0 Å². The molecule has 0 aliphatic carbocycles. The molecule has 2 unspecified atom stereocenters. The Morgan fingerprint density at radius 1 is 1.29 bits per heavy atom. The summed E-state index contributed by atoms with van der Waals surface area (Å²) in [5.41, 5.74) is 6.28. The van der Waals surface area contributed by atoms with Crippen LogP contribution in [0.5, 0.6) is 0 Å². The molecule has 76 valence electrons. The molecule has 14 heavy (non-hydrogen) atoms. The zero-order valence-corrected chi connectivity index (χ0v) is 8.33. The second-order valence-corrected chi connectivity index (χ2v) is 3.46. The van der Waals surface area contributed by atoms with E-state index in [1.165, 1.54) is 12.1 Å². The van der Waals surface area contributed by atoms with Crippen molar-refractivity contribution in [1.29, 1.82) is 0 Å². The number of ketones is 1. The number of rotatable bonds is 3. The van der Waals surface area contributed by atoms with E-state index < -0.39 is 6.04 Å². The summed E-state index contributed by atoms with van der Waals surface area (Å²) >= 11 is 0. The van der Waals surface area contributed by atoms with Crippen molar-refractivity contribution >= 4 is 5.78 Å². The van der Waals surface area contributed by atoms with Crippen LogP contribution in [0, 0.1) is 5.82 Å². The second-order valence-electron chi connectivity index (χ2n) is 3.46. The molecule has 0 heterocycles. The maximum absolute atomic E-state index is 12.6. The van der Waals surface area contributed by atoms with E-state index in [-0.39, 0.29) is 17.5 Å². The highest BCUT2D eigenvalue weighted by atomic mass is 19.1. The van der Waals surface area contributed by atoms with Crippen LogP contribution in [0.1, 0.15) is 25.3 Å². The van der Waals surface area contributed by atoms with Gasteiger partial charge in [0.15, 0.2) is 5.78 Å². The highest BCUT2D eigenvalue weighted by molar-refractivity contribution is 5.89. The van der Waals surface area contributed by atoms with Crippen LogP contribution >= 0.6 is 0 Å². The van der Waals surface area contributed by atoms with E-state index in [4.69, 9.17) is 5.73 Å². The molecule has 3 heteroatoms. The van der Waals surface area contributed by atoms with E-state index in [1.54, 1.807) is 26.0 Å². The quantitative estimate of drug-likeness (QED) is 0.799. The van der Waals surface area contributed by atoms with Crippen molar-refractivity contribution in [2.75, 3.05) is 0 Å². The third kappa shape index (κ3) is 2.39. The number of Topliss-reactive ketones (excluding diaryl/α,β-unsaturated/α-hetero) is 1. The maximum atomic E-state index is 12.6. The zero-order chi connectivity index (χ0) is 10.7. The Labute approximate surface area is 82.9 Å². The number of hydrogen-bond acceptors (Lipinski definition) is 2. The molecule has 0 bridgehead atoms. The number of carbonyl (C=O) groups excluding carboxylic acids is 1. The summed E-state index contributed by atoms with van der Waals surface area (Å²) in [5.74, 6) is -0.596. The zero-order valence-electron chi connectivity index (χ0n) is 8.33. The lowest BCUT2D eigenvalue weighted by Gasteiger charge is -2.12. The number of hydrogen-bond donors (Lipinski definition) is 1. The van der Waals surface area contributed by atoms with Crippen molar-refractivity contribution in [2.45, 2.75) is 25.8 Å². The molecule has 0 aromatic heterocycles. The highest BCUT2D eigenvalue weighted by Crippen LogP contribution is 2.17. The topological polar surface area (TPSA) is 43.1 Å². The van der Waals surface area contributed by atoms with Gasteiger partial charge < -0.3 is 5.73 Å². The van der Waals surface area contributed by atoms with Crippen LogP contribution < -0.4 is 5.73 Å². The first-order valence-electron chi connectivity index (χ1n) is 4.57. The molecular formula is C11H14FNO. The lowest BCUT2D eigenvalue weighted by molar-refractivity contribution is -0.121. The third-order valence-corrected chi connectivity index (χ3v) is 2.25. The summed E-state index contributed by atoms with van der Waals surface area (Å²) < 4.78 is 12.6. The summed E-state index contributed by atoms with van der Waals surface area (Å²) in [6.45, 7) is 3.43. The van der Waals surface area contributed by atoms with Gasteiger partial charge in [-0.05, 0) is 24.6 Å². The monoisotopic (exact) mass is 195 g/mol. The molecule has 1 aromatic carbocycles. The van der Waals surface area contributed by atoms with E-state index >= 15 is 0 Å². The Balaban J connectivity index is 2.84. The minimum Gasteiger partial charge on any atom is -0.322 e. The summed E-state index contributed by atoms with van der Waals surface area (Å²) in [4.78, 5) is 11.5. The first-order valence-corrected chi connectivity index (χ1v) is 4.57. The van der Waals surface area contributed by atoms with Gasteiger partial charge in [-0.3, -0.25) is 4.79 Å². The van der Waals surface area contributed by atoms with Crippen LogP contribution in [-0.4, -0.2) is 11.8 Å². The van der Waals surface area contributed by atoms with Crippen molar-refractivity contribution in [3.8, 4) is 0 Å². The summed E-state index contributed by atoms with van der Waals surface area (Å²) in [5, 5.41) is 0. The van der Waals surface area contributed by atoms with Crippen LogP contribution in [-0.2, 0) is 4.79 Å². The molecule has 0 amide bonds. The van der Waals surface area contributed by atoms with Crippen molar-refractivity contribution < 1.29 is 9.18 Å². The number of nitrogens with two attached hydrogens (primary N) is 1. The summed E-state index contributed by atoms with van der Waals surface area (Å²) in [6.07, 6.45) is 0. The van der Waals surface area contributed by atoms with Crippen LogP contribution in [0.4, 0.5) is 4.39 Å².